The summed E-state index contributed by atoms with van der Waals surface area (Å²) in [7, 11) is 0. The molecule has 1 aliphatic heterocycles. The van der Waals surface area contributed by atoms with Crippen LogP contribution in [0.4, 0.5) is 8.78 Å². The smallest absolute Gasteiger partial charge is 0.265 e. The number of rotatable bonds is 4. The molecule has 1 saturated heterocycles. The number of hydrogen-bond donors (Lipinski definition) is 2. The number of aliphatic hydroxyl groups excluding tert-OH is 1. The molecule has 0 bridgehead atoms. The standard InChI is InChI=1S/C7H13F2NOS/c8-7(9)6(11)3-10-5-1-2-12-4-5/h5-7,10-11H,1-4H2. The molecule has 1 aliphatic rings. The van der Waals surface area contributed by atoms with Crippen LogP contribution in [0.3, 0.4) is 0 Å². The quantitative estimate of drug-likeness (QED) is 0.696. The minimum Gasteiger partial charge on any atom is -0.386 e. The van der Waals surface area contributed by atoms with Gasteiger partial charge in [0.05, 0.1) is 0 Å². The van der Waals surface area contributed by atoms with E-state index in [1.165, 1.54) is 0 Å². The second-order valence-electron chi connectivity index (χ2n) is 2.87. The van der Waals surface area contributed by atoms with Crippen molar-refractivity contribution in [1.29, 1.82) is 0 Å². The number of thioether (sulfide) groups is 1. The molecule has 0 radical (unpaired) electrons. The van der Waals surface area contributed by atoms with Crippen molar-refractivity contribution in [3.05, 3.63) is 0 Å². The Hall–Kier alpha value is 0.130. The number of halogens is 2. The van der Waals surface area contributed by atoms with E-state index in [2.05, 4.69) is 5.32 Å². The van der Waals surface area contributed by atoms with E-state index in [1.54, 1.807) is 0 Å². The van der Waals surface area contributed by atoms with Crippen molar-refractivity contribution in [2.24, 2.45) is 0 Å². The Kier molecular flexibility index (Phi) is 4.25. The topological polar surface area (TPSA) is 32.3 Å². The van der Waals surface area contributed by atoms with Crippen LogP contribution >= 0.6 is 11.8 Å². The van der Waals surface area contributed by atoms with Gasteiger partial charge in [-0.25, -0.2) is 8.78 Å². The molecule has 0 amide bonds. The summed E-state index contributed by atoms with van der Waals surface area (Å²) in [6.45, 7) is 0.00287. The van der Waals surface area contributed by atoms with Crippen molar-refractivity contribution in [1.82, 2.24) is 5.32 Å². The second-order valence-corrected chi connectivity index (χ2v) is 4.02. The Morgan fingerprint density at radius 3 is 2.83 bits per heavy atom. The molecule has 2 nitrogen and oxygen atoms in total. The third kappa shape index (κ3) is 3.25. The molecular formula is C7H13F2NOS. The average Bonchev–Trinajstić information content (AvgIpc) is 2.51. The Morgan fingerprint density at radius 1 is 1.58 bits per heavy atom. The minimum atomic E-state index is -2.63. The van der Waals surface area contributed by atoms with Crippen molar-refractivity contribution >= 4 is 11.8 Å². The summed E-state index contributed by atoms with van der Waals surface area (Å²) in [6, 6.07) is 0.309. The van der Waals surface area contributed by atoms with Crippen LogP contribution in [0.1, 0.15) is 6.42 Å². The molecule has 0 aromatic carbocycles. The molecule has 0 aromatic rings. The van der Waals surface area contributed by atoms with Crippen LogP contribution in [0.2, 0.25) is 0 Å². The Labute approximate surface area is 74.7 Å². The van der Waals surface area contributed by atoms with Gasteiger partial charge in [-0.15, -0.1) is 0 Å². The van der Waals surface area contributed by atoms with Crippen molar-refractivity contribution in [3.8, 4) is 0 Å². The van der Waals surface area contributed by atoms with E-state index < -0.39 is 12.5 Å². The third-order valence-corrected chi connectivity index (χ3v) is 3.00. The highest BCUT2D eigenvalue weighted by atomic mass is 32.2. The first-order valence-electron chi connectivity index (χ1n) is 3.97. The SMILES string of the molecule is OC(CNC1CCSC1)C(F)F. The van der Waals surface area contributed by atoms with Gasteiger partial charge in [0.1, 0.15) is 6.10 Å². The Balaban J connectivity index is 2.07. The molecule has 0 aromatic heterocycles. The molecule has 5 heteroatoms. The fourth-order valence-corrected chi connectivity index (χ4v) is 2.26. The molecule has 2 unspecified atom stereocenters. The lowest BCUT2D eigenvalue weighted by Gasteiger charge is -2.14. The van der Waals surface area contributed by atoms with Crippen molar-refractivity contribution < 1.29 is 13.9 Å². The normalized spacial score (nSPS) is 26.5. The maximum Gasteiger partial charge on any atom is 0.265 e. The van der Waals surface area contributed by atoms with E-state index in [1.807, 2.05) is 11.8 Å². The molecule has 0 saturated carbocycles. The molecule has 0 aliphatic carbocycles. The maximum atomic E-state index is 11.8. The Bertz CT molecular complexity index is 129. The summed E-state index contributed by atoms with van der Waals surface area (Å²) in [5.74, 6) is 2.05. The second kappa shape index (κ2) is 4.99. The van der Waals surface area contributed by atoms with Gasteiger partial charge < -0.3 is 10.4 Å². The molecular weight excluding hydrogens is 184 g/mol. The largest absolute Gasteiger partial charge is 0.386 e. The summed E-state index contributed by atoms with van der Waals surface area (Å²) in [5.41, 5.74) is 0. The fraction of sp³-hybridized carbons (Fsp3) is 1.00. The van der Waals surface area contributed by atoms with Gasteiger partial charge in [-0.2, -0.15) is 11.8 Å². The third-order valence-electron chi connectivity index (χ3n) is 1.84. The summed E-state index contributed by atoms with van der Waals surface area (Å²) >= 11 is 1.81. The van der Waals surface area contributed by atoms with Crippen molar-refractivity contribution in [2.75, 3.05) is 18.1 Å². The lowest BCUT2D eigenvalue weighted by atomic mass is 10.2. The summed E-state index contributed by atoms with van der Waals surface area (Å²) in [5, 5.41) is 11.7. The van der Waals surface area contributed by atoms with Crippen LogP contribution in [-0.2, 0) is 0 Å². The van der Waals surface area contributed by atoms with Crippen LogP contribution < -0.4 is 5.32 Å². The minimum absolute atomic E-state index is 0.00287. The van der Waals surface area contributed by atoms with Crippen molar-refractivity contribution in [2.45, 2.75) is 25.0 Å². The van der Waals surface area contributed by atoms with Gasteiger partial charge >= 0.3 is 0 Å². The van der Waals surface area contributed by atoms with Crippen molar-refractivity contribution in [3.63, 3.8) is 0 Å². The highest BCUT2D eigenvalue weighted by Gasteiger charge is 2.20. The van der Waals surface area contributed by atoms with Crippen LogP contribution in [0.25, 0.3) is 0 Å². The molecule has 12 heavy (non-hydrogen) atoms. The fourth-order valence-electron chi connectivity index (χ4n) is 1.07. The van der Waals surface area contributed by atoms with E-state index in [0.29, 0.717) is 6.04 Å². The zero-order chi connectivity index (χ0) is 8.97. The van der Waals surface area contributed by atoms with Gasteiger partial charge in [-0.05, 0) is 12.2 Å². The van der Waals surface area contributed by atoms with Gasteiger partial charge in [-0.3, -0.25) is 0 Å². The zero-order valence-electron chi connectivity index (χ0n) is 6.67. The monoisotopic (exact) mass is 197 g/mol. The van der Waals surface area contributed by atoms with Crippen LogP contribution in [0.5, 0.6) is 0 Å². The predicted molar refractivity (Wildman–Crippen MR) is 45.7 cm³/mol. The lowest BCUT2D eigenvalue weighted by Crippen LogP contribution is -2.38. The molecule has 72 valence electrons. The molecule has 0 spiro atoms. The van der Waals surface area contributed by atoms with Crippen LogP contribution in [0, 0.1) is 0 Å². The maximum absolute atomic E-state index is 11.8. The van der Waals surface area contributed by atoms with E-state index >= 15 is 0 Å². The highest BCUT2D eigenvalue weighted by molar-refractivity contribution is 7.99. The van der Waals surface area contributed by atoms with Gasteiger partial charge in [0, 0.05) is 18.3 Å². The number of nitrogens with one attached hydrogen (secondary N) is 1. The zero-order valence-corrected chi connectivity index (χ0v) is 7.49. The molecule has 1 heterocycles. The average molecular weight is 197 g/mol. The first-order chi connectivity index (χ1) is 5.70. The summed E-state index contributed by atoms with van der Waals surface area (Å²) in [4.78, 5) is 0. The number of aliphatic hydroxyl groups is 1. The molecule has 2 atom stereocenters. The van der Waals surface area contributed by atoms with Gasteiger partial charge in [-0.1, -0.05) is 0 Å². The molecule has 1 fully saturated rings. The number of alkyl halides is 2. The van der Waals surface area contributed by atoms with E-state index in [-0.39, 0.29) is 6.54 Å². The highest BCUT2D eigenvalue weighted by Crippen LogP contribution is 2.16. The van der Waals surface area contributed by atoms with E-state index in [4.69, 9.17) is 5.11 Å². The van der Waals surface area contributed by atoms with E-state index in [9.17, 15) is 8.78 Å². The first-order valence-corrected chi connectivity index (χ1v) is 5.13. The van der Waals surface area contributed by atoms with Gasteiger partial charge in [0.15, 0.2) is 0 Å². The molecule has 2 N–H and O–H groups in total. The van der Waals surface area contributed by atoms with E-state index in [0.717, 1.165) is 17.9 Å². The summed E-state index contributed by atoms with van der Waals surface area (Å²) < 4.78 is 23.6. The van der Waals surface area contributed by atoms with Crippen LogP contribution in [-0.4, -0.2) is 41.7 Å². The first kappa shape index (κ1) is 10.2. The van der Waals surface area contributed by atoms with Crippen LogP contribution in [0.15, 0.2) is 0 Å². The summed E-state index contributed by atoms with van der Waals surface area (Å²) in [6.07, 6.45) is -3.14. The van der Waals surface area contributed by atoms with Gasteiger partial charge in [0.25, 0.3) is 6.43 Å². The molecule has 1 rings (SSSR count). The number of hydrogen-bond acceptors (Lipinski definition) is 3. The Morgan fingerprint density at radius 2 is 2.33 bits per heavy atom. The lowest BCUT2D eigenvalue weighted by molar-refractivity contribution is -0.00424. The van der Waals surface area contributed by atoms with Gasteiger partial charge in [0.2, 0.25) is 0 Å². The predicted octanol–water partition coefficient (Wildman–Crippen LogP) is 0.708.